The van der Waals surface area contributed by atoms with Crippen LogP contribution < -0.4 is 5.32 Å². The SMILES string of the molecule is CCC12CC3CC4CC(C(NC(=O)OC(C)(C)C)C(=O)O)(C1)CC32C4. The molecule has 4 aliphatic rings. The van der Waals surface area contributed by atoms with E-state index in [-0.39, 0.29) is 5.41 Å². The van der Waals surface area contributed by atoms with E-state index >= 15 is 0 Å². The van der Waals surface area contributed by atoms with Crippen LogP contribution in [-0.2, 0) is 9.53 Å². The summed E-state index contributed by atoms with van der Waals surface area (Å²) in [5.41, 5.74) is -0.257. The third-order valence-corrected chi connectivity index (χ3v) is 8.00. The summed E-state index contributed by atoms with van der Waals surface area (Å²) in [7, 11) is 0. The summed E-state index contributed by atoms with van der Waals surface area (Å²) >= 11 is 0. The minimum absolute atomic E-state index is 0.299. The lowest BCUT2D eigenvalue weighted by Crippen LogP contribution is -2.54. The zero-order valence-corrected chi connectivity index (χ0v) is 15.9. The zero-order valence-electron chi connectivity index (χ0n) is 15.9. The first-order valence-corrected chi connectivity index (χ1v) is 9.77. The molecule has 6 atom stereocenters. The number of hydrogen-bond donors (Lipinski definition) is 2. The molecule has 0 aromatic carbocycles. The molecule has 0 radical (unpaired) electrons. The maximum absolute atomic E-state index is 12.3. The Balaban J connectivity index is 1.63. The number of carbonyl (C=O) groups is 2. The largest absolute Gasteiger partial charge is 0.480 e. The van der Waals surface area contributed by atoms with Crippen molar-refractivity contribution in [2.24, 2.45) is 28.1 Å². The molecule has 5 heteroatoms. The second-order valence-corrected chi connectivity index (χ2v) is 10.3. The summed E-state index contributed by atoms with van der Waals surface area (Å²) in [4.78, 5) is 24.5. The summed E-state index contributed by atoms with van der Waals surface area (Å²) in [6.45, 7) is 7.66. The van der Waals surface area contributed by atoms with Crippen molar-refractivity contribution in [3.05, 3.63) is 0 Å². The summed E-state index contributed by atoms with van der Waals surface area (Å²) in [6, 6.07) is -0.838. The van der Waals surface area contributed by atoms with Gasteiger partial charge in [0.1, 0.15) is 11.6 Å². The van der Waals surface area contributed by atoms with Crippen molar-refractivity contribution in [1.29, 1.82) is 0 Å². The first-order chi connectivity index (χ1) is 11.5. The lowest BCUT2D eigenvalue weighted by Gasteiger charge is -2.59. The van der Waals surface area contributed by atoms with E-state index < -0.39 is 23.7 Å². The van der Waals surface area contributed by atoms with Crippen LogP contribution in [0.2, 0.25) is 0 Å². The van der Waals surface area contributed by atoms with E-state index in [2.05, 4.69) is 12.2 Å². The van der Waals surface area contributed by atoms with Crippen molar-refractivity contribution in [3.8, 4) is 0 Å². The fourth-order valence-electron chi connectivity index (χ4n) is 7.60. The summed E-state index contributed by atoms with van der Waals surface area (Å²) in [6.07, 6.45) is 7.22. The minimum Gasteiger partial charge on any atom is -0.480 e. The molecule has 4 fully saturated rings. The van der Waals surface area contributed by atoms with E-state index in [1.165, 1.54) is 19.3 Å². The van der Waals surface area contributed by atoms with Gasteiger partial charge in [-0.1, -0.05) is 6.92 Å². The molecule has 1 amide bonds. The van der Waals surface area contributed by atoms with E-state index in [0.29, 0.717) is 16.7 Å². The molecule has 140 valence electrons. The van der Waals surface area contributed by atoms with Gasteiger partial charge in [-0.15, -0.1) is 0 Å². The van der Waals surface area contributed by atoms with Crippen LogP contribution in [0.25, 0.3) is 0 Å². The molecule has 6 unspecified atom stereocenters. The van der Waals surface area contributed by atoms with Crippen molar-refractivity contribution < 1.29 is 19.4 Å². The highest BCUT2D eigenvalue weighted by Gasteiger charge is 2.78. The van der Waals surface area contributed by atoms with Gasteiger partial charge in [0.05, 0.1) is 0 Å². The molecule has 3 bridgehead atoms. The summed E-state index contributed by atoms with van der Waals surface area (Å²) in [5.74, 6) is 0.516. The lowest BCUT2D eigenvalue weighted by atomic mass is 9.45. The Morgan fingerprint density at radius 3 is 2.56 bits per heavy atom. The molecule has 4 aliphatic carbocycles. The molecule has 2 N–H and O–H groups in total. The Morgan fingerprint density at radius 2 is 1.96 bits per heavy atom. The highest BCUT2D eigenvalue weighted by atomic mass is 16.6. The maximum Gasteiger partial charge on any atom is 0.408 e. The highest BCUT2D eigenvalue weighted by Crippen LogP contribution is 2.85. The quantitative estimate of drug-likeness (QED) is 0.805. The summed E-state index contributed by atoms with van der Waals surface area (Å²) < 4.78 is 5.36. The number of aliphatic carboxylic acids is 1. The van der Waals surface area contributed by atoms with Crippen molar-refractivity contribution in [3.63, 3.8) is 0 Å². The van der Waals surface area contributed by atoms with E-state index in [1.54, 1.807) is 20.8 Å². The molecular formula is C20H31NO4. The monoisotopic (exact) mass is 349 g/mol. The minimum atomic E-state index is -0.910. The Morgan fingerprint density at radius 1 is 1.24 bits per heavy atom. The van der Waals surface area contributed by atoms with Crippen LogP contribution in [-0.4, -0.2) is 28.8 Å². The standard InChI is InChI=1S/C20H31NO4/c1-5-19-9-13-6-12-7-18(10-19,11-20(13,19)8-12)14(15(22)23)21-16(24)25-17(2,3)4/h12-14H,5-11H2,1-4H3,(H,21,24)(H,22,23). The van der Waals surface area contributed by atoms with Crippen molar-refractivity contribution in [1.82, 2.24) is 5.32 Å². The van der Waals surface area contributed by atoms with E-state index in [1.807, 2.05) is 0 Å². The molecular weight excluding hydrogens is 318 g/mol. The van der Waals surface area contributed by atoms with Crippen LogP contribution in [0.15, 0.2) is 0 Å². The molecule has 0 heterocycles. The number of fused-ring (bicyclic) bond motifs is 2. The molecule has 0 saturated heterocycles. The van der Waals surface area contributed by atoms with Crippen LogP contribution in [0, 0.1) is 28.1 Å². The van der Waals surface area contributed by atoms with Crippen LogP contribution >= 0.6 is 0 Å². The number of nitrogens with one attached hydrogen (secondary N) is 1. The van der Waals surface area contributed by atoms with Gasteiger partial charge in [0.15, 0.2) is 0 Å². The van der Waals surface area contributed by atoms with Crippen molar-refractivity contribution >= 4 is 12.1 Å². The van der Waals surface area contributed by atoms with Gasteiger partial charge < -0.3 is 15.2 Å². The average molecular weight is 349 g/mol. The van der Waals surface area contributed by atoms with Crippen LogP contribution in [0.4, 0.5) is 4.79 Å². The van der Waals surface area contributed by atoms with Gasteiger partial charge in [0, 0.05) is 5.41 Å². The maximum atomic E-state index is 12.3. The normalized spacial score (nSPS) is 44.8. The van der Waals surface area contributed by atoms with Gasteiger partial charge in [-0.2, -0.15) is 0 Å². The van der Waals surface area contributed by atoms with Crippen LogP contribution in [0.5, 0.6) is 0 Å². The molecule has 0 aromatic heterocycles. The molecule has 5 nitrogen and oxygen atoms in total. The topological polar surface area (TPSA) is 75.6 Å². The fourth-order valence-corrected chi connectivity index (χ4v) is 7.60. The van der Waals surface area contributed by atoms with Gasteiger partial charge in [0.2, 0.25) is 0 Å². The predicted molar refractivity (Wildman–Crippen MR) is 93.1 cm³/mol. The Kier molecular flexibility index (Phi) is 3.38. The number of carboxylic acids is 1. The van der Waals surface area contributed by atoms with Gasteiger partial charge in [-0.3, -0.25) is 0 Å². The fraction of sp³-hybridized carbons (Fsp3) is 0.900. The van der Waals surface area contributed by atoms with Gasteiger partial charge in [-0.05, 0) is 88.4 Å². The van der Waals surface area contributed by atoms with Gasteiger partial charge >= 0.3 is 12.1 Å². The van der Waals surface area contributed by atoms with Crippen molar-refractivity contribution in [2.45, 2.75) is 84.3 Å². The number of amides is 1. The zero-order chi connectivity index (χ0) is 18.3. The van der Waals surface area contributed by atoms with E-state index in [0.717, 1.165) is 31.6 Å². The number of ether oxygens (including phenoxy) is 1. The van der Waals surface area contributed by atoms with Crippen LogP contribution in [0.3, 0.4) is 0 Å². The highest BCUT2D eigenvalue weighted by molar-refractivity contribution is 5.81. The second-order valence-electron chi connectivity index (χ2n) is 10.3. The molecule has 0 aliphatic heterocycles. The van der Waals surface area contributed by atoms with E-state index in [9.17, 15) is 14.7 Å². The van der Waals surface area contributed by atoms with Crippen molar-refractivity contribution in [2.75, 3.05) is 0 Å². The van der Waals surface area contributed by atoms with Gasteiger partial charge in [-0.25, -0.2) is 9.59 Å². The van der Waals surface area contributed by atoms with Gasteiger partial charge in [0.25, 0.3) is 0 Å². The van der Waals surface area contributed by atoms with Crippen LogP contribution in [0.1, 0.15) is 72.6 Å². The molecule has 25 heavy (non-hydrogen) atoms. The smallest absolute Gasteiger partial charge is 0.408 e. The lowest BCUT2D eigenvalue weighted by molar-refractivity contribution is -0.144. The average Bonchev–Trinajstić information content (AvgIpc) is 2.77. The van der Waals surface area contributed by atoms with E-state index in [4.69, 9.17) is 4.74 Å². The third-order valence-electron chi connectivity index (χ3n) is 8.00. The number of carbonyl (C=O) groups excluding carboxylic acids is 1. The third kappa shape index (κ3) is 2.20. The summed E-state index contributed by atoms with van der Waals surface area (Å²) in [5, 5.41) is 12.7. The number of alkyl carbamates (subject to hydrolysis) is 1. The first-order valence-electron chi connectivity index (χ1n) is 9.77. The molecule has 1 spiro atoms. The Labute approximate surface area is 149 Å². The number of rotatable bonds is 4. The molecule has 4 rings (SSSR count). The number of hydrogen-bond acceptors (Lipinski definition) is 3. The first kappa shape index (κ1) is 17.2. The Bertz CT molecular complexity index is 622. The number of carboxylic acid groups (broad SMARTS) is 1. The molecule has 4 saturated carbocycles. The Hall–Kier alpha value is -1.26. The second kappa shape index (κ2) is 4.92. The predicted octanol–water partition coefficient (Wildman–Crippen LogP) is 3.96. The molecule has 0 aromatic rings.